The lowest BCUT2D eigenvalue weighted by Gasteiger charge is -2.56. The Labute approximate surface area is 72.6 Å². The van der Waals surface area contributed by atoms with Gasteiger partial charge in [0.05, 0.1) is 11.7 Å². The van der Waals surface area contributed by atoms with E-state index in [9.17, 15) is 10.2 Å². The predicted octanol–water partition coefficient (Wildman–Crippen LogP) is 0.918. The maximum Gasteiger partial charge on any atom is 0.0657 e. The van der Waals surface area contributed by atoms with Gasteiger partial charge in [0.2, 0.25) is 0 Å². The summed E-state index contributed by atoms with van der Waals surface area (Å²) in [6, 6.07) is 0. The standard InChI is InChI=1S/C10H16O2/c11-9-7-1-6-2-8(9)5-10(12,3-6)4-7/h6-9,11-12H,1-5H2/t6?,7-,8?,9?,10?/m1/s1. The van der Waals surface area contributed by atoms with Crippen molar-refractivity contribution in [2.24, 2.45) is 17.8 Å². The van der Waals surface area contributed by atoms with E-state index in [-0.39, 0.29) is 11.7 Å². The van der Waals surface area contributed by atoms with Crippen LogP contribution < -0.4 is 0 Å². The van der Waals surface area contributed by atoms with Crippen LogP contribution in [0.3, 0.4) is 0 Å². The third kappa shape index (κ3) is 0.826. The van der Waals surface area contributed by atoms with Gasteiger partial charge in [0.15, 0.2) is 0 Å². The fourth-order valence-corrected chi connectivity index (χ4v) is 3.95. The van der Waals surface area contributed by atoms with Gasteiger partial charge in [-0.1, -0.05) is 0 Å². The quantitative estimate of drug-likeness (QED) is 0.564. The SMILES string of the molecule is OC1C2CC3C[C@@H]1CC(O)(C3)C2. The zero-order chi connectivity index (χ0) is 8.34. The summed E-state index contributed by atoms with van der Waals surface area (Å²) in [6.45, 7) is 0. The average Bonchev–Trinajstić information content (AvgIpc) is 1.96. The van der Waals surface area contributed by atoms with Gasteiger partial charge in [0.25, 0.3) is 0 Å². The van der Waals surface area contributed by atoms with Crippen LogP contribution >= 0.6 is 0 Å². The van der Waals surface area contributed by atoms with E-state index in [4.69, 9.17) is 0 Å². The van der Waals surface area contributed by atoms with Crippen LogP contribution in [0.2, 0.25) is 0 Å². The topological polar surface area (TPSA) is 40.5 Å². The van der Waals surface area contributed by atoms with Crippen molar-refractivity contribution in [1.29, 1.82) is 0 Å². The molecule has 4 saturated carbocycles. The molecular formula is C10H16O2. The van der Waals surface area contributed by atoms with Crippen molar-refractivity contribution in [3.63, 3.8) is 0 Å². The lowest BCUT2D eigenvalue weighted by atomic mass is 9.53. The van der Waals surface area contributed by atoms with Gasteiger partial charge in [0, 0.05) is 0 Å². The monoisotopic (exact) mass is 168 g/mol. The summed E-state index contributed by atoms with van der Waals surface area (Å²) >= 11 is 0. The maximum atomic E-state index is 10.1. The fourth-order valence-electron chi connectivity index (χ4n) is 3.95. The van der Waals surface area contributed by atoms with E-state index < -0.39 is 0 Å². The van der Waals surface area contributed by atoms with E-state index in [0.717, 1.165) is 25.2 Å². The van der Waals surface area contributed by atoms with Crippen LogP contribution in [-0.2, 0) is 0 Å². The minimum Gasteiger partial charge on any atom is -0.393 e. The summed E-state index contributed by atoms with van der Waals surface area (Å²) in [7, 11) is 0. The van der Waals surface area contributed by atoms with Crippen LogP contribution in [-0.4, -0.2) is 21.9 Å². The van der Waals surface area contributed by atoms with Crippen molar-refractivity contribution >= 4 is 0 Å². The van der Waals surface area contributed by atoms with Crippen molar-refractivity contribution in [3.05, 3.63) is 0 Å². The third-order valence-corrected chi connectivity index (χ3v) is 4.19. The van der Waals surface area contributed by atoms with Crippen LogP contribution in [0.15, 0.2) is 0 Å². The van der Waals surface area contributed by atoms with Crippen molar-refractivity contribution in [1.82, 2.24) is 0 Å². The Morgan fingerprint density at radius 2 is 1.58 bits per heavy atom. The minimum atomic E-state index is -0.379. The normalized spacial score (nSPS) is 62.5. The molecule has 0 aliphatic heterocycles. The third-order valence-electron chi connectivity index (χ3n) is 4.19. The number of hydrogen-bond acceptors (Lipinski definition) is 2. The second-order valence-corrected chi connectivity index (χ2v) is 5.18. The fraction of sp³-hybridized carbons (Fsp3) is 1.00. The van der Waals surface area contributed by atoms with Gasteiger partial charge in [-0.15, -0.1) is 0 Å². The first-order chi connectivity index (χ1) is 5.66. The van der Waals surface area contributed by atoms with Gasteiger partial charge in [-0.25, -0.2) is 0 Å². The molecule has 2 heteroatoms. The van der Waals surface area contributed by atoms with Crippen molar-refractivity contribution in [2.45, 2.75) is 43.8 Å². The van der Waals surface area contributed by atoms with Gasteiger partial charge in [-0.05, 0) is 49.9 Å². The molecule has 0 radical (unpaired) electrons. The van der Waals surface area contributed by atoms with Gasteiger partial charge in [-0.2, -0.15) is 0 Å². The molecule has 68 valence electrons. The summed E-state index contributed by atoms with van der Waals surface area (Å²) in [4.78, 5) is 0. The summed E-state index contributed by atoms with van der Waals surface area (Å²) < 4.78 is 0. The Kier molecular flexibility index (Phi) is 1.25. The van der Waals surface area contributed by atoms with Crippen LogP contribution in [0.25, 0.3) is 0 Å². The molecule has 4 aliphatic carbocycles. The van der Waals surface area contributed by atoms with E-state index in [1.165, 1.54) is 12.8 Å². The highest BCUT2D eigenvalue weighted by molar-refractivity contribution is 5.05. The highest BCUT2D eigenvalue weighted by atomic mass is 16.3. The van der Waals surface area contributed by atoms with Gasteiger partial charge < -0.3 is 10.2 Å². The molecule has 0 aromatic carbocycles. The lowest BCUT2D eigenvalue weighted by molar-refractivity contribution is -0.175. The van der Waals surface area contributed by atoms with Gasteiger partial charge >= 0.3 is 0 Å². The number of aliphatic hydroxyl groups is 2. The van der Waals surface area contributed by atoms with Crippen LogP contribution in [0.1, 0.15) is 32.1 Å². The van der Waals surface area contributed by atoms with Crippen molar-refractivity contribution in [3.8, 4) is 0 Å². The summed E-state index contributed by atoms with van der Waals surface area (Å²) in [5.74, 6) is 1.55. The Hall–Kier alpha value is -0.0800. The number of rotatable bonds is 0. The van der Waals surface area contributed by atoms with Crippen LogP contribution in [0.4, 0.5) is 0 Å². The second kappa shape index (κ2) is 2.05. The van der Waals surface area contributed by atoms with E-state index in [1.54, 1.807) is 0 Å². The van der Waals surface area contributed by atoms with Gasteiger partial charge in [-0.3, -0.25) is 0 Å². The molecule has 4 rings (SSSR count). The molecule has 0 aromatic rings. The van der Waals surface area contributed by atoms with E-state index in [0.29, 0.717) is 11.8 Å². The Morgan fingerprint density at radius 3 is 2.08 bits per heavy atom. The molecule has 4 aliphatic rings. The number of hydrogen-bond donors (Lipinski definition) is 2. The molecule has 4 fully saturated rings. The molecule has 2 nitrogen and oxygen atoms in total. The summed E-state index contributed by atoms with van der Waals surface area (Å²) in [6.07, 6.45) is 4.97. The van der Waals surface area contributed by atoms with Crippen LogP contribution in [0, 0.1) is 17.8 Å². The molecule has 5 atom stereocenters. The zero-order valence-electron chi connectivity index (χ0n) is 7.24. The minimum absolute atomic E-state index is 0.0955. The molecule has 0 amide bonds. The molecular weight excluding hydrogens is 152 g/mol. The second-order valence-electron chi connectivity index (χ2n) is 5.18. The number of aliphatic hydroxyl groups excluding tert-OH is 1. The lowest BCUT2D eigenvalue weighted by Crippen LogP contribution is -2.56. The molecule has 0 aromatic heterocycles. The van der Waals surface area contributed by atoms with E-state index in [2.05, 4.69) is 0 Å². The molecule has 4 unspecified atom stereocenters. The van der Waals surface area contributed by atoms with Crippen molar-refractivity contribution in [2.75, 3.05) is 0 Å². The first-order valence-corrected chi connectivity index (χ1v) is 5.07. The molecule has 0 saturated heterocycles. The van der Waals surface area contributed by atoms with Crippen molar-refractivity contribution < 1.29 is 10.2 Å². The summed E-state index contributed by atoms with van der Waals surface area (Å²) in [5, 5.41) is 19.9. The Morgan fingerprint density at radius 1 is 1.00 bits per heavy atom. The molecule has 2 N–H and O–H groups in total. The van der Waals surface area contributed by atoms with Crippen LogP contribution in [0.5, 0.6) is 0 Å². The first kappa shape index (κ1) is 7.34. The Balaban J connectivity index is 1.95. The van der Waals surface area contributed by atoms with E-state index >= 15 is 0 Å². The Bertz CT molecular complexity index is 198. The van der Waals surface area contributed by atoms with Gasteiger partial charge in [0.1, 0.15) is 0 Å². The highest BCUT2D eigenvalue weighted by Gasteiger charge is 2.54. The molecule has 0 spiro atoms. The first-order valence-electron chi connectivity index (χ1n) is 5.07. The molecule has 0 heterocycles. The average molecular weight is 168 g/mol. The summed E-state index contributed by atoms with van der Waals surface area (Å²) in [5.41, 5.74) is -0.379. The predicted molar refractivity (Wildman–Crippen MR) is 44.5 cm³/mol. The van der Waals surface area contributed by atoms with E-state index in [1.807, 2.05) is 0 Å². The largest absolute Gasteiger partial charge is 0.393 e. The smallest absolute Gasteiger partial charge is 0.0657 e. The molecule has 4 bridgehead atoms. The molecule has 12 heavy (non-hydrogen) atoms. The maximum absolute atomic E-state index is 10.1. The zero-order valence-corrected chi connectivity index (χ0v) is 7.24. The highest BCUT2D eigenvalue weighted by Crippen LogP contribution is 2.55.